The second-order valence-corrected chi connectivity index (χ2v) is 3.42. The molecular weight excluding hydrogens is 260 g/mol. The fourth-order valence-corrected chi connectivity index (χ4v) is 1.42. The average molecular weight is 271 g/mol. The van der Waals surface area contributed by atoms with Crippen LogP contribution < -0.4 is 4.74 Å². The lowest BCUT2D eigenvalue weighted by Crippen LogP contribution is -2.09. The highest BCUT2D eigenvalue weighted by Crippen LogP contribution is 2.35. The smallest absolute Gasteiger partial charge is 0.387 e. The number of esters is 1. The maximum atomic E-state index is 12.2. The van der Waals surface area contributed by atoms with Crippen molar-refractivity contribution in [3.63, 3.8) is 0 Å². The summed E-state index contributed by atoms with van der Waals surface area (Å²) in [6, 6.07) is 4.08. The predicted molar refractivity (Wildman–Crippen MR) is 59.8 cm³/mol. The molecule has 1 rings (SSSR count). The largest absolute Gasteiger partial charge is 0.504 e. The van der Waals surface area contributed by atoms with Gasteiger partial charge in [0.05, 0.1) is 18.6 Å². The monoisotopic (exact) mass is 271 g/mol. The number of phenols is 1. The molecule has 0 bridgehead atoms. The Bertz CT molecular complexity index is 511. The van der Waals surface area contributed by atoms with Crippen molar-refractivity contribution in [3.8, 4) is 17.6 Å². The van der Waals surface area contributed by atoms with Crippen LogP contribution in [0.15, 0.2) is 12.1 Å². The molecule has 0 saturated heterocycles. The SMILES string of the molecule is CCOC(=O)Cc1ccc(C#N)c(OC(F)F)c1O. The van der Waals surface area contributed by atoms with Crippen molar-refractivity contribution < 1.29 is 28.2 Å². The minimum Gasteiger partial charge on any atom is -0.504 e. The Balaban J connectivity index is 3.09. The molecule has 19 heavy (non-hydrogen) atoms. The molecule has 0 spiro atoms. The molecule has 0 aliphatic rings. The van der Waals surface area contributed by atoms with Crippen molar-refractivity contribution in [2.75, 3.05) is 6.61 Å². The van der Waals surface area contributed by atoms with Gasteiger partial charge in [-0.25, -0.2) is 0 Å². The maximum Gasteiger partial charge on any atom is 0.387 e. The molecule has 0 atom stereocenters. The summed E-state index contributed by atoms with van der Waals surface area (Å²) >= 11 is 0. The Kier molecular flexibility index (Phi) is 5.06. The van der Waals surface area contributed by atoms with E-state index < -0.39 is 24.1 Å². The van der Waals surface area contributed by atoms with Crippen molar-refractivity contribution in [1.82, 2.24) is 0 Å². The summed E-state index contributed by atoms with van der Waals surface area (Å²) in [4.78, 5) is 11.3. The second kappa shape index (κ2) is 6.54. The molecule has 7 heteroatoms. The fraction of sp³-hybridized carbons (Fsp3) is 0.333. The first kappa shape index (κ1) is 14.7. The molecule has 5 nitrogen and oxygen atoms in total. The number of rotatable bonds is 5. The first-order valence-electron chi connectivity index (χ1n) is 5.35. The summed E-state index contributed by atoms with van der Waals surface area (Å²) in [6.07, 6.45) is -0.301. The van der Waals surface area contributed by atoms with Crippen LogP contribution in [0, 0.1) is 11.3 Å². The normalized spacial score (nSPS) is 10.1. The molecule has 0 fully saturated rings. The van der Waals surface area contributed by atoms with E-state index >= 15 is 0 Å². The molecule has 0 radical (unpaired) electrons. The van der Waals surface area contributed by atoms with Crippen molar-refractivity contribution >= 4 is 5.97 Å². The number of nitrogens with zero attached hydrogens (tertiary/aromatic N) is 1. The molecule has 0 unspecified atom stereocenters. The summed E-state index contributed by atoms with van der Waals surface area (Å²) < 4.78 is 33.2. The van der Waals surface area contributed by atoms with E-state index in [2.05, 4.69) is 9.47 Å². The van der Waals surface area contributed by atoms with E-state index in [0.29, 0.717) is 0 Å². The van der Waals surface area contributed by atoms with Gasteiger partial charge in [-0.3, -0.25) is 4.79 Å². The number of halogens is 2. The number of hydrogen-bond donors (Lipinski definition) is 1. The summed E-state index contributed by atoms with van der Waals surface area (Å²) in [7, 11) is 0. The van der Waals surface area contributed by atoms with Gasteiger partial charge in [0, 0.05) is 5.56 Å². The van der Waals surface area contributed by atoms with Crippen molar-refractivity contribution in [2.24, 2.45) is 0 Å². The zero-order chi connectivity index (χ0) is 14.4. The van der Waals surface area contributed by atoms with Gasteiger partial charge in [0.15, 0.2) is 11.5 Å². The number of ether oxygens (including phenoxy) is 2. The lowest BCUT2D eigenvalue weighted by Gasteiger charge is -2.11. The lowest BCUT2D eigenvalue weighted by atomic mass is 10.1. The lowest BCUT2D eigenvalue weighted by molar-refractivity contribution is -0.142. The third kappa shape index (κ3) is 3.81. The quantitative estimate of drug-likeness (QED) is 0.828. The minimum absolute atomic E-state index is 0.0492. The van der Waals surface area contributed by atoms with E-state index in [9.17, 15) is 18.7 Å². The summed E-state index contributed by atoms with van der Waals surface area (Å²) in [5.41, 5.74) is -0.196. The van der Waals surface area contributed by atoms with Crippen LogP contribution in [0.3, 0.4) is 0 Å². The Labute approximate surface area is 108 Å². The molecule has 0 heterocycles. The van der Waals surface area contributed by atoms with Gasteiger partial charge in [-0.15, -0.1) is 0 Å². The Morgan fingerprint density at radius 2 is 2.21 bits per heavy atom. The van der Waals surface area contributed by atoms with Crippen LogP contribution in [0.2, 0.25) is 0 Å². The Hall–Kier alpha value is -2.36. The van der Waals surface area contributed by atoms with E-state index in [1.807, 2.05) is 0 Å². The van der Waals surface area contributed by atoms with Gasteiger partial charge in [0.1, 0.15) is 6.07 Å². The minimum atomic E-state index is -3.18. The number of aromatic hydroxyl groups is 1. The number of alkyl halides is 2. The van der Waals surface area contributed by atoms with Gasteiger partial charge in [-0.1, -0.05) is 6.07 Å². The van der Waals surface area contributed by atoms with Gasteiger partial charge in [0.2, 0.25) is 0 Å². The van der Waals surface area contributed by atoms with Crippen LogP contribution in [0.4, 0.5) is 8.78 Å². The number of carbonyl (C=O) groups excluding carboxylic acids is 1. The highest BCUT2D eigenvalue weighted by Gasteiger charge is 2.19. The molecule has 1 N–H and O–H groups in total. The number of carbonyl (C=O) groups is 1. The standard InChI is InChI=1S/C12H11F2NO4/c1-2-18-9(16)5-7-3-4-8(6-15)11(10(7)17)19-12(13)14/h3-4,12,17H,2,5H2,1H3. The van der Waals surface area contributed by atoms with Crippen molar-refractivity contribution in [2.45, 2.75) is 20.0 Å². The highest BCUT2D eigenvalue weighted by molar-refractivity contribution is 5.74. The number of benzene rings is 1. The molecule has 1 aromatic carbocycles. The van der Waals surface area contributed by atoms with Crippen LogP contribution in [-0.2, 0) is 16.0 Å². The third-order valence-electron chi connectivity index (χ3n) is 2.18. The molecular formula is C12H11F2NO4. The predicted octanol–water partition coefficient (Wildman–Crippen LogP) is 1.97. The topological polar surface area (TPSA) is 79.6 Å². The molecule has 1 aromatic rings. The van der Waals surface area contributed by atoms with E-state index in [-0.39, 0.29) is 24.2 Å². The van der Waals surface area contributed by atoms with E-state index in [4.69, 9.17) is 5.26 Å². The number of hydrogen-bond acceptors (Lipinski definition) is 5. The first-order chi connectivity index (χ1) is 8.99. The zero-order valence-electron chi connectivity index (χ0n) is 10.0. The van der Waals surface area contributed by atoms with Gasteiger partial charge in [0.25, 0.3) is 0 Å². The van der Waals surface area contributed by atoms with Crippen LogP contribution in [0.25, 0.3) is 0 Å². The molecule has 102 valence electrons. The summed E-state index contributed by atoms with van der Waals surface area (Å²) in [5.74, 6) is -1.92. The summed E-state index contributed by atoms with van der Waals surface area (Å²) in [6.45, 7) is -1.41. The van der Waals surface area contributed by atoms with Gasteiger partial charge >= 0.3 is 12.6 Å². The molecule has 0 aliphatic carbocycles. The van der Waals surface area contributed by atoms with E-state index in [0.717, 1.165) is 0 Å². The molecule has 0 saturated carbocycles. The average Bonchev–Trinajstić information content (AvgIpc) is 2.34. The zero-order valence-corrected chi connectivity index (χ0v) is 10.0. The van der Waals surface area contributed by atoms with E-state index in [1.165, 1.54) is 12.1 Å². The van der Waals surface area contributed by atoms with E-state index in [1.54, 1.807) is 13.0 Å². The molecule has 0 aromatic heterocycles. The fourth-order valence-electron chi connectivity index (χ4n) is 1.42. The Morgan fingerprint density at radius 3 is 2.74 bits per heavy atom. The van der Waals surface area contributed by atoms with Crippen LogP contribution in [-0.4, -0.2) is 24.3 Å². The number of phenolic OH excluding ortho intramolecular Hbond substituents is 1. The third-order valence-corrected chi connectivity index (χ3v) is 2.18. The molecule has 0 amide bonds. The summed E-state index contributed by atoms with van der Waals surface area (Å²) in [5, 5.41) is 18.5. The second-order valence-electron chi connectivity index (χ2n) is 3.42. The van der Waals surface area contributed by atoms with Gasteiger partial charge in [-0.05, 0) is 13.0 Å². The first-order valence-corrected chi connectivity index (χ1v) is 5.35. The Morgan fingerprint density at radius 1 is 1.53 bits per heavy atom. The van der Waals surface area contributed by atoms with Crippen molar-refractivity contribution in [3.05, 3.63) is 23.3 Å². The van der Waals surface area contributed by atoms with Crippen LogP contribution in [0.1, 0.15) is 18.1 Å². The van der Waals surface area contributed by atoms with Gasteiger partial charge < -0.3 is 14.6 Å². The molecule has 0 aliphatic heterocycles. The van der Waals surface area contributed by atoms with Crippen molar-refractivity contribution in [1.29, 1.82) is 5.26 Å². The highest BCUT2D eigenvalue weighted by atomic mass is 19.3. The van der Waals surface area contributed by atoms with Crippen LogP contribution in [0.5, 0.6) is 11.5 Å². The number of nitriles is 1. The van der Waals surface area contributed by atoms with Crippen LogP contribution >= 0.6 is 0 Å². The van der Waals surface area contributed by atoms with Gasteiger partial charge in [-0.2, -0.15) is 14.0 Å². The maximum absolute atomic E-state index is 12.2.